The Morgan fingerprint density at radius 2 is 1.96 bits per heavy atom. The van der Waals surface area contributed by atoms with Crippen LogP contribution in [0.4, 0.5) is 5.69 Å². The number of hydrogen-bond acceptors (Lipinski definition) is 3. The van der Waals surface area contributed by atoms with Gasteiger partial charge in [0.15, 0.2) is 0 Å². The molecule has 1 aromatic heterocycles. The molecule has 0 radical (unpaired) electrons. The molecule has 2 aromatic rings. The van der Waals surface area contributed by atoms with Crippen LogP contribution in [0, 0.1) is 5.92 Å². The molecular weight excluding hydrogens is 348 g/mol. The van der Waals surface area contributed by atoms with E-state index in [1.165, 1.54) is 0 Å². The molecule has 1 amide bonds. The number of nitrogens with one attached hydrogen (secondary N) is 1. The lowest BCUT2D eigenvalue weighted by molar-refractivity contribution is -0.117. The Morgan fingerprint density at radius 1 is 1.27 bits per heavy atom. The lowest BCUT2D eigenvalue weighted by atomic mass is 9.96. The fraction of sp³-hybridized carbons (Fsp3) is 0.500. The standard InChI is InChI=1S/C20H27ClN4O/c1-15(2)20-22-9-12-25(20)13-16-7-10-24(11-8-16)14-19(26)23-18-5-3-17(21)4-6-18/h3-6,9,12,15-16H,7-8,10-11,13-14H2,1-2H3,(H,23,26). The minimum absolute atomic E-state index is 0.0301. The molecule has 0 bridgehead atoms. The van der Waals surface area contributed by atoms with Crippen molar-refractivity contribution in [1.29, 1.82) is 0 Å². The van der Waals surface area contributed by atoms with Gasteiger partial charge in [0.05, 0.1) is 6.54 Å². The molecule has 1 aromatic carbocycles. The third kappa shape index (κ3) is 5.08. The van der Waals surface area contributed by atoms with Crippen LogP contribution in [0.25, 0.3) is 0 Å². The van der Waals surface area contributed by atoms with Crippen molar-refractivity contribution >= 4 is 23.2 Å². The van der Waals surface area contributed by atoms with Gasteiger partial charge in [0.2, 0.25) is 5.91 Å². The van der Waals surface area contributed by atoms with Gasteiger partial charge in [-0.2, -0.15) is 0 Å². The molecule has 1 fully saturated rings. The topological polar surface area (TPSA) is 50.2 Å². The number of aromatic nitrogens is 2. The van der Waals surface area contributed by atoms with Gasteiger partial charge in [0.1, 0.15) is 5.82 Å². The molecule has 1 aliphatic rings. The fourth-order valence-electron chi connectivity index (χ4n) is 3.52. The van der Waals surface area contributed by atoms with Gasteiger partial charge in [-0.1, -0.05) is 25.4 Å². The first-order chi connectivity index (χ1) is 12.5. The Balaban J connectivity index is 1.44. The summed E-state index contributed by atoms with van der Waals surface area (Å²) in [6.45, 7) is 7.76. The summed E-state index contributed by atoms with van der Waals surface area (Å²) in [5.74, 6) is 2.29. The van der Waals surface area contributed by atoms with Crippen LogP contribution in [0.1, 0.15) is 38.4 Å². The van der Waals surface area contributed by atoms with Crippen LogP contribution in [0.15, 0.2) is 36.7 Å². The Morgan fingerprint density at radius 3 is 2.62 bits per heavy atom. The number of anilines is 1. The summed E-state index contributed by atoms with van der Waals surface area (Å²) in [4.78, 5) is 18.9. The van der Waals surface area contributed by atoms with E-state index in [-0.39, 0.29) is 5.91 Å². The van der Waals surface area contributed by atoms with Crippen LogP contribution >= 0.6 is 11.6 Å². The number of piperidine rings is 1. The highest BCUT2D eigenvalue weighted by atomic mass is 35.5. The normalized spacial score (nSPS) is 16.2. The second-order valence-electron chi connectivity index (χ2n) is 7.37. The minimum atomic E-state index is 0.0301. The van der Waals surface area contributed by atoms with Gasteiger partial charge in [-0.05, 0) is 56.1 Å². The van der Waals surface area contributed by atoms with E-state index in [0.29, 0.717) is 23.4 Å². The second kappa shape index (κ2) is 8.69. The Kier molecular flexibility index (Phi) is 6.33. The SMILES string of the molecule is CC(C)c1nccn1CC1CCN(CC(=O)Nc2ccc(Cl)cc2)CC1. The third-order valence-corrected chi connectivity index (χ3v) is 5.17. The van der Waals surface area contributed by atoms with Crippen molar-refractivity contribution in [3.8, 4) is 0 Å². The first-order valence-corrected chi connectivity index (χ1v) is 9.68. The highest BCUT2D eigenvalue weighted by Gasteiger charge is 2.22. The highest BCUT2D eigenvalue weighted by Crippen LogP contribution is 2.22. The van der Waals surface area contributed by atoms with Crippen molar-refractivity contribution in [3.63, 3.8) is 0 Å². The van der Waals surface area contributed by atoms with Crippen LogP contribution in [-0.4, -0.2) is 40.0 Å². The number of rotatable bonds is 6. The second-order valence-corrected chi connectivity index (χ2v) is 7.80. The molecule has 1 aliphatic heterocycles. The molecule has 0 saturated carbocycles. The van der Waals surface area contributed by atoms with E-state index in [0.717, 1.165) is 44.0 Å². The number of likely N-dealkylation sites (tertiary alicyclic amines) is 1. The molecule has 1 N–H and O–H groups in total. The van der Waals surface area contributed by atoms with Gasteiger partial charge in [-0.15, -0.1) is 0 Å². The summed E-state index contributed by atoms with van der Waals surface area (Å²) < 4.78 is 2.29. The van der Waals surface area contributed by atoms with Crippen molar-refractivity contribution in [3.05, 3.63) is 47.5 Å². The lowest BCUT2D eigenvalue weighted by Crippen LogP contribution is -2.40. The summed E-state index contributed by atoms with van der Waals surface area (Å²) in [5, 5.41) is 3.60. The average molecular weight is 375 g/mol. The third-order valence-electron chi connectivity index (χ3n) is 4.92. The molecule has 26 heavy (non-hydrogen) atoms. The van der Waals surface area contributed by atoms with Crippen LogP contribution in [0.2, 0.25) is 5.02 Å². The molecule has 0 aliphatic carbocycles. The zero-order valence-electron chi connectivity index (χ0n) is 15.5. The lowest BCUT2D eigenvalue weighted by Gasteiger charge is -2.32. The number of benzene rings is 1. The van der Waals surface area contributed by atoms with E-state index in [1.54, 1.807) is 12.1 Å². The van der Waals surface area contributed by atoms with Gasteiger partial charge >= 0.3 is 0 Å². The number of carbonyl (C=O) groups is 1. The number of imidazole rings is 1. The Bertz CT molecular complexity index is 718. The van der Waals surface area contributed by atoms with Crippen molar-refractivity contribution < 1.29 is 4.79 Å². The predicted molar refractivity (Wildman–Crippen MR) is 106 cm³/mol. The molecule has 2 heterocycles. The smallest absolute Gasteiger partial charge is 0.238 e. The molecule has 0 unspecified atom stereocenters. The minimum Gasteiger partial charge on any atom is -0.334 e. The summed E-state index contributed by atoms with van der Waals surface area (Å²) in [6.07, 6.45) is 6.21. The first kappa shape index (κ1) is 18.9. The summed E-state index contributed by atoms with van der Waals surface area (Å²) in [5.41, 5.74) is 0.788. The first-order valence-electron chi connectivity index (χ1n) is 9.30. The number of carbonyl (C=O) groups excluding carboxylic acids is 1. The van der Waals surface area contributed by atoms with Crippen LogP contribution in [-0.2, 0) is 11.3 Å². The summed E-state index contributed by atoms with van der Waals surface area (Å²) in [6, 6.07) is 7.21. The van der Waals surface area contributed by atoms with E-state index in [1.807, 2.05) is 18.3 Å². The molecule has 0 atom stereocenters. The number of hydrogen-bond donors (Lipinski definition) is 1. The van der Waals surface area contributed by atoms with Gasteiger partial charge in [-0.3, -0.25) is 9.69 Å². The fourth-order valence-corrected chi connectivity index (χ4v) is 3.64. The van der Waals surface area contributed by atoms with Crippen molar-refractivity contribution in [2.75, 3.05) is 25.0 Å². The van der Waals surface area contributed by atoms with E-state index < -0.39 is 0 Å². The predicted octanol–water partition coefficient (Wildman–Crippen LogP) is 4.01. The Hall–Kier alpha value is -1.85. The summed E-state index contributed by atoms with van der Waals surface area (Å²) in [7, 11) is 0. The highest BCUT2D eigenvalue weighted by molar-refractivity contribution is 6.30. The monoisotopic (exact) mass is 374 g/mol. The molecule has 5 nitrogen and oxygen atoms in total. The molecule has 3 rings (SSSR count). The average Bonchev–Trinajstić information content (AvgIpc) is 3.07. The van der Waals surface area contributed by atoms with E-state index in [9.17, 15) is 4.79 Å². The van der Waals surface area contributed by atoms with Gasteiger partial charge in [-0.25, -0.2) is 4.98 Å². The van der Waals surface area contributed by atoms with Crippen LogP contribution in [0.3, 0.4) is 0 Å². The van der Waals surface area contributed by atoms with Crippen molar-refractivity contribution in [2.45, 2.75) is 39.2 Å². The van der Waals surface area contributed by atoms with Gasteiger partial charge in [0.25, 0.3) is 0 Å². The van der Waals surface area contributed by atoms with E-state index in [2.05, 4.69) is 39.8 Å². The zero-order valence-corrected chi connectivity index (χ0v) is 16.2. The van der Waals surface area contributed by atoms with E-state index >= 15 is 0 Å². The van der Waals surface area contributed by atoms with Gasteiger partial charge < -0.3 is 9.88 Å². The van der Waals surface area contributed by atoms with Crippen LogP contribution < -0.4 is 5.32 Å². The molecule has 140 valence electrons. The maximum atomic E-state index is 12.2. The van der Waals surface area contributed by atoms with Crippen LogP contribution in [0.5, 0.6) is 0 Å². The molecule has 6 heteroatoms. The summed E-state index contributed by atoms with van der Waals surface area (Å²) >= 11 is 5.87. The maximum Gasteiger partial charge on any atom is 0.238 e. The number of halogens is 1. The molecule has 1 saturated heterocycles. The van der Waals surface area contributed by atoms with Crippen molar-refractivity contribution in [2.24, 2.45) is 5.92 Å². The zero-order chi connectivity index (χ0) is 18.5. The van der Waals surface area contributed by atoms with Gasteiger partial charge in [0, 0.05) is 35.6 Å². The quantitative estimate of drug-likeness (QED) is 0.831. The Labute approximate surface area is 160 Å². The molecular formula is C20H27ClN4O. The molecule has 0 spiro atoms. The number of amides is 1. The van der Waals surface area contributed by atoms with E-state index in [4.69, 9.17) is 11.6 Å². The maximum absolute atomic E-state index is 12.2. The number of nitrogens with zero attached hydrogens (tertiary/aromatic N) is 3. The van der Waals surface area contributed by atoms with Crippen molar-refractivity contribution in [1.82, 2.24) is 14.5 Å². The largest absolute Gasteiger partial charge is 0.334 e.